The molecule has 2 N–H and O–H groups in total. The fourth-order valence-electron chi connectivity index (χ4n) is 7.80. The van der Waals surface area contributed by atoms with Crippen LogP contribution in [-0.2, 0) is 13.0 Å². The number of guanidine groups is 1. The number of aromatic nitrogens is 2. The smallest absolute Gasteiger partial charge is 0.261 e. The van der Waals surface area contributed by atoms with Crippen molar-refractivity contribution < 1.29 is 9.13 Å². The van der Waals surface area contributed by atoms with Crippen molar-refractivity contribution in [3.8, 4) is 5.75 Å². The molecule has 0 amide bonds. The summed E-state index contributed by atoms with van der Waals surface area (Å²) in [4.78, 5) is 25.5. The quantitative estimate of drug-likeness (QED) is 0.307. The van der Waals surface area contributed by atoms with Crippen molar-refractivity contribution in [1.29, 1.82) is 0 Å². The van der Waals surface area contributed by atoms with Crippen LogP contribution in [0.5, 0.6) is 5.75 Å². The first kappa shape index (κ1) is 29.6. The molecular formula is C34H45FN6O2. The zero-order valence-corrected chi connectivity index (χ0v) is 26.2. The summed E-state index contributed by atoms with van der Waals surface area (Å²) in [6.45, 7) is 13.8. The second-order valence-corrected chi connectivity index (χ2v) is 13.7. The van der Waals surface area contributed by atoms with Gasteiger partial charge in [-0.1, -0.05) is 26.8 Å². The van der Waals surface area contributed by atoms with E-state index in [9.17, 15) is 9.18 Å². The van der Waals surface area contributed by atoms with Crippen LogP contribution in [0.25, 0.3) is 10.9 Å². The Morgan fingerprint density at radius 2 is 1.91 bits per heavy atom. The molecule has 2 aromatic carbocycles. The third kappa shape index (κ3) is 5.76. The molecule has 0 unspecified atom stereocenters. The number of nitrogens with one attached hydrogen (secondary N) is 2. The second-order valence-electron chi connectivity index (χ2n) is 13.7. The molecule has 7 rings (SSSR count). The van der Waals surface area contributed by atoms with E-state index in [1.54, 1.807) is 23.0 Å². The van der Waals surface area contributed by atoms with Crippen LogP contribution in [0.3, 0.4) is 0 Å². The lowest BCUT2D eigenvalue weighted by Gasteiger charge is -2.62. The van der Waals surface area contributed by atoms with Gasteiger partial charge in [-0.2, -0.15) is 0 Å². The largest absolute Gasteiger partial charge is 0.497 e. The molecule has 0 radical (unpaired) electrons. The molecule has 1 aromatic heterocycles. The maximum Gasteiger partial charge on any atom is 0.261 e. The number of hydrogen-bond donors (Lipinski definition) is 2. The van der Waals surface area contributed by atoms with Gasteiger partial charge < -0.3 is 20.3 Å². The van der Waals surface area contributed by atoms with Gasteiger partial charge in [0, 0.05) is 43.8 Å². The number of hydrogen-bond acceptors (Lipinski definition) is 5. The molecule has 1 aliphatic heterocycles. The third-order valence-electron chi connectivity index (χ3n) is 10.5. The van der Waals surface area contributed by atoms with Crippen molar-refractivity contribution in [3.05, 3.63) is 64.5 Å². The fourth-order valence-corrected chi connectivity index (χ4v) is 7.80. The van der Waals surface area contributed by atoms with Crippen molar-refractivity contribution in [3.63, 3.8) is 0 Å². The summed E-state index contributed by atoms with van der Waals surface area (Å²) in [6.07, 6.45) is 4.43. The van der Waals surface area contributed by atoms with Gasteiger partial charge in [0.1, 0.15) is 11.6 Å². The molecule has 4 aliphatic rings. The highest BCUT2D eigenvalue weighted by Gasteiger charge is 2.56. The van der Waals surface area contributed by atoms with E-state index in [0.717, 1.165) is 36.6 Å². The Balaban J connectivity index is 1.25. The maximum atomic E-state index is 14.4. The number of rotatable bonds is 6. The van der Waals surface area contributed by atoms with E-state index in [-0.39, 0.29) is 11.4 Å². The second kappa shape index (κ2) is 11.6. The van der Waals surface area contributed by atoms with E-state index in [0.29, 0.717) is 64.6 Å². The van der Waals surface area contributed by atoms with Gasteiger partial charge in [-0.3, -0.25) is 9.36 Å². The molecule has 0 spiro atoms. The molecular weight excluding hydrogens is 543 g/mol. The summed E-state index contributed by atoms with van der Waals surface area (Å²) in [5.74, 6) is 3.10. The van der Waals surface area contributed by atoms with Gasteiger partial charge in [-0.15, -0.1) is 0 Å². The van der Waals surface area contributed by atoms with Crippen molar-refractivity contribution in [2.45, 2.75) is 78.6 Å². The van der Waals surface area contributed by atoms with Crippen molar-refractivity contribution in [2.75, 3.05) is 20.2 Å². The lowest BCUT2D eigenvalue weighted by molar-refractivity contribution is -0.112. The number of aryl methyl sites for hydroxylation is 2. The lowest BCUT2D eigenvalue weighted by Crippen LogP contribution is -2.64. The zero-order chi connectivity index (χ0) is 30.5. The summed E-state index contributed by atoms with van der Waals surface area (Å²) in [6, 6.07) is 11.5. The fraction of sp³-hybridized carbons (Fsp3) is 0.559. The number of halogens is 1. The average Bonchev–Trinajstić information content (AvgIpc) is 2.97. The SMILES string of the molecule is COc1ccc(CCn2cnc3cc(N=C(N[C@@H]4C[C@@H]5C[C@@H]([C@@H]4C)C5(C)C)N4C[C@@H](C)N[C@@H](C)C4)ccc3c2=O)c(F)c1. The maximum absolute atomic E-state index is 14.4. The van der Waals surface area contributed by atoms with Crippen LogP contribution < -0.4 is 20.9 Å². The zero-order valence-electron chi connectivity index (χ0n) is 26.2. The molecule has 3 aliphatic carbocycles. The van der Waals surface area contributed by atoms with Crippen molar-refractivity contribution in [2.24, 2.45) is 28.2 Å². The molecule has 9 heteroatoms. The summed E-state index contributed by atoms with van der Waals surface area (Å²) in [5, 5.41) is 8.06. The highest BCUT2D eigenvalue weighted by Crippen LogP contribution is 2.61. The highest BCUT2D eigenvalue weighted by molar-refractivity contribution is 5.86. The predicted octanol–water partition coefficient (Wildman–Crippen LogP) is 5.12. The van der Waals surface area contributed by atoms with Crippen LogP contribution in [-0.4, -0.2) is 58.7 Å². The van der Waals surface area contributed by atoms with Gasteiger partial charge in [0.2, 0.25) is 0 Å². The van der Waals surface area contributed by atoms with Crippen LogP contribution in [0.15, 0.2) is 52.5 Å². The number of fused-ring (bicyclic) bond motifs is 3. The van der Waals surface area contributed by atoms with Gasteiger partial charge in [0.05, 0.1) is 30.0 Å². The van der Waals surface area contributed by atoms with Crippen LogP contribution in [0, 0.1) is 29.0 Å². The Bertz CT molecular complexity index is 1570. The molecule has 230 valence electrons. The van der Waals surface area contributed by atoms with Gasteiger partial charge in [-0.25, -0.2) is 14.4 Å². The van der Waals surface area contributed by atoms with Gasteiger partial charge in [0.25, 0.3) is 5.56 Å². The molecule has 2 bridgehead atoms. The first-order valence-corrected chi connectivity index (χ1v) is 15.7. The molecule has 3 aromatic rings. The topological polar surface area (TPSA) is 83.8 Å². The van der Waals surface area contributed by atoms with E-state index in [2.05, 4.69) is 55.1 Å². The molecule has 4 fully saturated rings. The molecule has 6 atom stereocenters. The van der Waals surface area contributed by atoms with Crippen LogP contribution in [0.1, 0.15) is 53.0 Å². The monoisotopic (exact) mass is 588 g/mol. The lowest BCUT2D eigenvalue weighted by atomic mass is 9.45. The van der Waals surface area contributed by atoms with Crippen LogP contribution in [0.2, 0.25) is 0 Å². The first-order valence-electron chi connectivity index (χ1n) is 15.7. The Morgan fingerprint density at radius 1 is 1.14 bits per heavy atom. The molecule has 43 heavy (non-hydrogen) atoms. The first-order chi connectivity index (χ1) is 20.5. The third-order valence-corrected chi connectivity index (χ3v) is 10.5. The van der Waals surface area contributed by atoms with E-state index in [1.165, 1.54) is 26.0 Å². The highest BCUT2D eigenvalue weighted by atomic mass is 19.1. The molecule has 3 saturated carbocycles. The number of ether oxygens (including phenoxy) is 1. The van der Waals surface area contributed by atoms with E-state index in [4.69, 9.17) is 9.73 Å². The normalized spacial score (nSPS) is 28.4. The van der Waals surface area contributed by atoms with Gasteiger partial charge >= 0.3 is 0 Å². The minimum Gasteiger partial charge on any atom is -0.497 e. The number of methoxy groups -OCH3 is 1. The van der Waals surface area contributed by atoms with Gasteiger partial charge in [-0.05, 0) is 86.1 Å². The summed E-state index contributed by atoms with van der Waals surface area (Å²) in [5.41, 5.74) is 2.19. The van der Waals surface area contributed by atoms with Crippen molar-refractivity contribution >= 4 is 22.5 Å². The number of piperazine rings is 1. The Hall–Kier alpha value is -3.46. The Morgan fingerprint density at radius 3 is 2.58 bits per heavy atom. The average molecular weight is 589 g/mol. The van der Waals surface area contributed by atoms with E-state index < -0.39 is 0 Å². The Labute approximate surface area is 253 Å². The molecule has 8 nitrogen and oxygen atoms in total. The molecule has 2 heterocycles. The minimum absolute atomic E-state index is 0.143. The standard InChI is InChI=1S/C34H45FN6O2/c1-20-17-41(18-21(2)37-20)33(39-30-14-24-13-28(22(30)3)34(24,4)5)38-25-8-10-27-31(15-25)36-19-40(32(27)42)12-11-23-7-9-26(43-6)16-29(23)35/h7-10,15-16,19-22,24,28,30,37H,11-14,17-18H2,1-6H3,(H,38,39)/t20-,21+,22-,24-,28-,30+/m0/s1. The summed E-state index contributed by atoms with van der Waals surface area (Å²) < 4.78 is 21.1. The minimum atomic E-state index is -0.343. The predicted molar refractivity (Wildman–Crippen MR) is 169 cm³/mol. The molecule has 1 saturated heterocycles. The Kier molecular flexibility index (Phi) is 7.96. The van der Waals surface area contributed by atoms with Crippen molar-refractivity contribution in [1.82, 2.24) is 25.1 Å². The number of aliphatic imine (C=N–C) groups is 1. The van der Waals surface area contributed by atoms with Crippen LogP contribution in [0.4, 0.5) is 10.1 Å². The van der Waals surface area contributed by atoms with E-state index in [1.807, 2.05) is 18.2 Å². The van der Waals surface area contributed by atoms with Gasteiger partial charge in [0.15, 0.2) is 5.96 Å². The van der Waals surface area contributed by atoms with E-state index >= 15 is 0 Å². The summed E-state index contributed by atoms with van der Waals surface area (Å²) in [7, 11) is 1.51. The number of nitrogens with zero attached hydrogens (tertiary/aromatic N) is 4. The summed E-state index contributed by atoms with van der Waals surface area (Å²) >= 11 is 0. The number of benzene rings is 2. The van der Waals surface area contributed by atoms with Crippen LogP contribution >= 0.6 is 0 Å².